The number of benzene rings is 1. The van der Waals surface area contributed by atoms with Crippen LogP contribution in [0.25, 0.3) is 0 Å². The first kappa shape index (κ1) is 14.4. The van der Waals surface area contributed by atoms with Crippen molar-refractivity contribution in [3.8, 4) is 11.5 Å². The van der Waals surface area contributed by atoms with Crippen molar-refractivity contribution < 1.29 is 9.47 Å². The first-order chi connectivity index (χ1) is 9.10. The summed E-state index contributed by atoms with van der Waals surface area (Å²) in [6.45, 7) is 1.70. The predicted molar refractivity (Wildman–Crippen MR) is 77.1 cm³/mol. The van der Waals surface area contributed by atoms with E-state index in [9.17, 15) is 0 Å². The average molecular weight is 285 g/mol. The lowest BCUT2D eigenvalue weighted by Gasteiger charge is -2.23. The molecule has 0 saturated carbocycles. The summed E-state index contributed by atoms with van der Waals surface area (Å²) in [7, 11) is 5.38. The van der Waals surface area contributed by atoms with Crippen LogP contribution in [0.15, 0.2) is 12.1 Å². The summed E-state index contributed by atoms with van der Waals surface area (Å²) in [5.41, 5.74) is 6.81. The molecule has 1 aromatic carbocycles. The van der Waals surface area contributed by atoms with E-state index in [1.165, 1.54) is 0 Å². The van der Waals surface area contributed by atoms with E-state index in [1.54, 1.807) is 14.2 Å². The van der Waals surface area contributed by atoms with Crippen molar-refractivity contribution in [3.05, 3.63) is 22.7 Å². The van der Waals surface area contributed by atoms with Gasteiger partial charge in [0.05, 0.1) is 19.2 Å². The van der Waals surface area contributed by atoms with Crippen LogP contribution >= 0.6 is 11.6 Å². The SMILES string of the molecule is COc1cc(Cl)c(C2CC(CN)CN2C)c(OC)c1. The van der Waals surface area contributed by atoms with Crippen molar-refractivity contribution in [2.45, 2.75) is 12.5 Å². The van der Waals surface area contributed by atoms with Gasteiger partial charge in [0.2, 0.25) is 0 Å². The molecule has 1 aliphatic rings. The van der Waals surface area contributed by atoms with Gasteiger partial charge < -0.3 is 15.2 Å². The Morgan fingerprint density at radius 3 is 2.63 bits per heavy atom. The molecule has 1 fully saturated rings. The highest BCUT2D eigenvalue weighted by atomic mass is 35.5. The molecule has 0 aliphatic carbocycles. The Hall–Kier alpha value is -0.970. The number of methoxy groups -OCH3 is 2. The van der Waals surface area contributed by atoms with Crippen LogP contribution in [0.3, 0.4) is 0 Å². The summed E-state index contributed by atoms with van der Waals surface area (Å²) in [6.07, 6.45) is 1.01. The maximum absolute atomic E-state index is 6.41. The summed E-state index contributed by atoms with van der Waals surface area (Å²) in [5.74, 6) is 2.00. The van der Waals surface area contributed by atoms with Crippen LogP contribution < -0.4 is 15.2 Å². The first-order valence-electron chi connectivity index (χ1n) is 6.42. The molecular weight excluding hydrogens is 264 g/mol. The number of nitrogens with two attached hydrogens (primary N) is 1. The van der Waals surface area contributed by atoms with Gasteiger partial charge in [-0.25, -0.2) is 0 Å². The van der Waals surface area contributed by atoms with E-state index >= 15 is 0 Å². The lowest BCUT2D eigenvalue weighted by molar-refractivity contribution is 0.302. The third kappa shape index (κ3) is 2.81. The molecule has 19 heavy (non-hydrogen) atoms. The number of rotatable bonds is 4. The Morgan fingerprint density at radius 2 is 2.11 bits per heavy atom. The highest BCUT2D eigenvalue weighted by molar-refractivity contribution is 6.31. The van der Waals surface area contributed by atoms with Gasteiger partial charge in [0.1, 0.15) is 11.5 Å². The monoisotopic (exact) mass is 284 g/mol. The molecular formula is C14H21ClN2O2. The molecule has 0 aromatic heterocycles. The van der Waals surface area contributed by atoms with Gasteiger partial charge in [-0.3, -0.25) is 4.90 Å². The number of hydrogen-bond donors (Lipinski definition) is 1. The number of ether oxygens (including phenoxy) is 2. The molecule has 2 atom stereocenters. The second-order valence-corrected chi connectivity index (χ2v) is 5.43. The van der Waals surface area contributed by atoms with Crippen molar-refractivity contribution in [3.63, 3.8) is 0 Å². The molecule has 5 heteroatoms. The Labute approximate surface area is 119 Å². The van der Waals surface area contributed by atoms with Crippen LogP contribution in [0.1, 0.15) is 18.0 Å². The van der Waals surface area contributed by atoms with Gasteiger partial charge in [-0.2, -0.15) is 0 Å². The largest absolute Gasteiger partial charge is 0.497 e. The fourth-order valence-corrected chi connectivity index (χ4v) is 3.12. The van der Waals surface area contributed by atoms with Crippen molar-refractivity contribution in [1.29, 1.82) is 0 Å². The zero-order valence-electron chi connectivity index (χ0n) is 11.6. The van der Waals surface area contributed by atoms with Gasteiger partial charge in [0.15, 0.2) is 0 Å². The number of nitrogens with zero attached hydrogens (tertiary/aromatic N) is 1. The molecule has 106 valence electrons. The van der Waals surface area contributed by atoms with Gasteiger partial charge in [-0.05, 0) is 32.0 Å². The zero-order valence-corrected chi connectivity index (χ0v) is 12.4. The molecule has 1 heterocycles. The average Bonchev–Trinajstić information content (AvgIpc) is 2.78. The third-order valence-corrected chi connectivity index (χ3v) is 4.13. The third-order valence-electron chi connectivity index (χ3n) is 3.82. The minimum absolute atomic E-state index is 0.252. The van der Waals surface area contributed by atoms with Gasteiger partial charge >= 0.3 is 0 Å². The van der Waals surface area contributed by atoms with E-state index in [4.69, 9.17) is 26.8 Å². The van der Waals surface area contributed by atoms with Gasteiger partial charge in [0, 0.05) is 24.2 Å². The number of hydrogen-bond acceptors (Lipinski definition) is 4. The summed E-state index contributed by atoms with van der Waals surface area (Å²) < 4.78 is 10.7. The van der Waals surface area contributed by atoms with Gasteiger partial charge in [-0.15, -0.1) is 0 Å². The zero-order chi connectivity index (χ0) is 14.0. The van der Waals surface area contributed by atoms with Crippen molar-refractivity contribution >= 4 is 11.6 Å². The second-order valence-electron chi connectivity index (χ2n) is 5.02. The molecule has 1 saturated heterocycles. The predicted octanol–water partition coefficient (Wildman–Crippen LogP) is 2.31. The molecule has 2 unspecified atom stereocenters. The standard InChI is InChI=1S/C14H21ClN2O2/c1-17-8-9(7-16)4-12(17)14-11(15)5-10(18-2)6-13(14)19-3/h5-6,9,12H,4,7-8,16H2,1-3H3. The molecule has 0 amide bonds. The number of halogens is 1. The fraction of sp³-hybridized carbons (Fsp3) is 0.571. The fourth-order valence-electron chi connectivity index (χ4n) is 2.79. The molecule has 0 bridgehead atoms. The summed E-state index contributed by atoms with van der Waals surface area (Å²) in [5, 5.41) is 0.686. The Balaban J connectivity index is 2.39. The van der Waals surface area contributed by atoms with Crippen LogP contribution in [-0.4, -0.2) is 39.3 Å². The smallest absolute Gasteiger partial charge is 0.128 e. The Morgan fingerprint density at radius 1 is 1.37 bits per heavy atom. The van der Waals surface area contributed by atoms with Crippen LogP contribution in [0.5, 0.6) is 11.5 Å². The lowest BCUT2D eigenvalue weighted by atomic mass is 9.99. The highest BCUT2D eigenvalue weighted by Gasteiger charge is 2.33. The molecule has 4 nitrogen and oxygen atoms in total. The molecule has 0 spiro atoms. The molecule has 2 N–H and O–H groups in total. The maximum atomic E-state index is 6.41. The van der Waals surface area contributed by atoms with Crippen molar-refractivity contribution in [2.24, 2.45) is 11.7 Å². The molecule has 2 rings (SSSR count). The maximum Gasteiger partial charge on any atom is 0.128 e. The van der Waals surface area contributed by atoms with E-state index in [-0.39, 0.29) is 6.04 Å². The lowest BCUT2D eigenvalue weighted by Crippen LogP contribution is -2.21. The molecule has 1 aliphatic heterocycles. The Bertz CT molecular complexity index is 453. The van der Waals surface area contributed by atoms with E-state index in [0.29, 0.717) is 23.2 Å². The number of likely N-dealkylation sites (tertiary alicyclic amines) is 1. The minimum atomic E-state index is 0.252. The topological polar surface area (TPSA) is 47.7 Å². The van der Waals surface area contributed by atoms with E-state index in [0.717, 1.165) is 24.3 Å². The van der Waals surface area contributed by atoms with E-state index < -0.39 is 0 Å². The van der Waals surface area contributed by atoms with Crippen LogP contribution in [0, 0.1) is 5.92 Å². The van der Waals surface area contributed by atoms with Crippen LogP contribution in [0.2, 0.25) is 5.02 Å². The van der Waals surface area contributed by atoms with Crippen molar-refractivity contribution in [2.75, 3.05) is 34.4 Å². The van der Waals surface area contributed by atoms with Gasteiger partial charge in [-0.1, -0.05) is 11.6 Å². The minimum Gasteiger partial charge on any atom is -0.497 e. The van der Waals surface area contributed by atoms with E-state index in [2.05, 4.69) is 11.9 Å². The Kier molecular flexibility index (Phi) is 4.55. The first-order valence-corrected chi connectivity index (χ1v) is 6.80. The summed E-state index contributed by atoms with van der Waals surface area (Å²) in [6, 6.07) is 3.97. The highest BCUT2D eigenvalue weighted by Crippen LogP contribution is 2.43. The van der Waals surface area contributed by atoms with Crippen LogP contribution in [0.4, 0.5) is 0 Å². The van der Waals surface area contributed by atoms with E-state index in [1.807, 2.05) is 12.1 Å². The summed E-state index contributed by atoms with van der Waals surface area (Å²) >= 11 is 6.41. The van der Waals surface area contributed by atoms with Crippen molar-refractivity contribution in [1.82, 2.24) is 4.90 Å². The molecule has 1 aromatic rings. The quantitative estimate of drug-likeness (QED) is 0.922. The van der Waals surface area contributed by atoms with Crippen LogP contribution in [-0.2, 0) is 0 Å². The van der Waals surface area contributed by atoms with Gasteiger partial charge in [0.25, 0.3) is 0 Å². The normalized spacial score (nSPS) is 23.6. The summed E-state index contributed by atoms with van der Waals surface area (Å²) in [4.78, 5) is 2.29. The molecule has 0 radical (unpaired) electrons. The second kappa shape index (κ2) is 5.99.